The molecule has 4 heteroatoms. The molecule has 1 aromatic carbocycles. The van der Waals surface area contributed by atoms with Crippen LogP contribution in [-0.2, 0) is 0 Å². The van der Waals surface area contributed by atoms with Crippen LogP contribution in [0.5, 0.6) is 5.75 Å². The highest BCUT2D eigenvalue weighted by Crippen LogP contribution is 2.28. The van der Waals surface area contributed by atoms with E-state index in [0.717, 1.165) is 15.8 Å². The molecule has 1 atom stereocenters. The third kappa shape index (κ3) is 3.86. The van der Waals surface area contributed by atoms with Crippen LogP contribution in [0.15, 0.2) is 34.3 Å². The van der Waals surface area contributed by atoms with E-state index in [9.17, 15) is 0 Å². The van der Waals surface area contributed by atoms with Crippen molar-refractivity contribution < 1.29 is 4.74 Å². The van der Waals surface area contributed by atoms with E-state index in [2.05, 4.69) is 22.5 Å². The van der Waals surface area contributed by atoms with E-state index in [1.807, 2.05) is 25.1 Å². The predicted octanol–water partition coefficient (Wildman–Crippen LogP) is 3.60. The minimum atomic E-state index is -0.0725. The van der Waals surface area contributed by atoms with Crippen LogP contribution in [0.2, 0.25) is 0 Å². The summed E-state index contributed by atoms with van der Waals surface area (Å²) in [5.41, 5.74) is 6.77. The molecule has 0 aromatic heterocycles. The summed E-state index contributed by atoms with van der Waals surface area (Å²) in [6.45, 7) is 5.76. The van der Waals surface area contributed by atoms with Crippen LogP contribution in [0.25, 0.3) is 0 Å². The lowest BCUT2D eigenvalue weighted by molar-refractivity contribution is 0.353. The number of benzene rings is 1. The average Bonchev–Trinajstić information content (AvgIpc) is 2.14. The van der Waals surface area contributed by atoms with Crippen LogP contribution >= 0.6 is 27.5 Å². The number of halogens is 2. The summed E-state index contributed by atoms with van der Waals surface area (Å²) in [6, 6.07) is 5.66. The van der Waals surface area contributed by atoms with Crippen LogP contribution in [0, 0.1) is 0 Å². The fourth-order valence-electron chi connectivity index (χ4n) is 1.17. The van der Waals surface area contributed by atoms with Crippen molar-refractivity contribution in [3.05, 3.63) is 39.8 Å². The lowest BCUT2D eigenvalue weighted by Crippen LogP contribution is -2.08. The molecule has 0 amide bonds. The Morgan fingerprint density at radius 2 is 2.33 bits per heavy atom. The molecule has 0 fully saturated rings. The Kier molecular flexibility index (Phi) is 4.64. The Morgan fingerprint density at radius 3 is 2.87 bits per heavy atom. The third-order valence-corrected chi connectivity index (χ3v) is 2.45. The van der Waals surface area contributed by atoms with Gasteiger partial charge in [-0.05, 0) is 19.1 Å². The second-order valence-electron chi connectivity index (χ2n) is 3.28. The normalized spacial score (nSPS) is 12.3. The van der Waals surface area contributed by atoms with Crippen molar-refractivity contribution in [1.82, 2.24) is 0 Å². The Bertz CT molecular complexity index is 366. The summed E-state index contributed by atoms with van der Waals surface area (Å²) in [7, 11) is 0. The summed E-state index contributed by atoms with van der Waals surface area (Å²) in [5, 5.41) is 0.464. The fraction of sp³-hybridized carbons (Fsp3) is 0.273. The number of rotatable bonds is 4. The molecular formula is C11H13BrClNO. The fourth-order valence-corrected chi connectivity index (χ4v) is 1.56. The van der Waals surface area contributed by atoms with Gasteiger partial charge in [-0.2, -0.15) is 0 Å². The maximum absolute atomic E-state index is 5.82. The van der Waals surface area contributed by atoms with E-state index in [4.69, 9.17) is 22.1 Å². The molecule has 0 radical (unpaired) electrons. The van der Waals surface area contributed by atoms with Gasteiger partial charge >= 0.3 is 0 Å². The molecule has 82 valence electrons. The first-order valence-electron chi connectivity index (χ1n) is 4.52. The maximum Gasteiger partial charge on any atom is 0.125 e. The van der Waals surface area contributed by atoms with Gasteiger partial charge < -0.3 is 10.5 Å². The Morgan fingerprint density at radius 1 is 1.67 bits per heavy atom. The predicted molar refractivity (Wildman–Crippen MR) is 67.2 cm³/mol. The number of hydrogen-bond acceptors (Lipinski definition) is 2. The zero-order valence-electron chi connectivity index (χ0n) is 8.47. The smallest absolute Gasteiger partial charge is 0.125 e. The lowest BCUT2D eigenvalue weighted by Gasteiger charge is -2.13. The zero-order chi connectivity index (χ0) is 11.4. The third-order valence-electron chi connectivity index (χ3n) is 1.85. The van der Waals surface area contributed by atoms with Gasteiger partial charge in [0.25, 0.3) is 0 Å². The molecule has 0 aliphatic carbocycles. The van der Waals surface area contributed by atoms with E-state index in [-0.39, 0.29) is 12.6 Å². The summed E-state index contributed by atoms with van der Waals surface area (Å²) in [4.78, 5) is 0. The van der Waals surface area contributed by atoms with Gasteiger partial charge in [0.2, 0.25) is 0 Å². The van der Waals surface area contributed by atoms with Crippen LogP contribution in [0.4, 0.5) is 0 Å². The lowest BCUT2D eigenvalue weighted by atomic mass is 10.1. The standard InChI is InChI=1S/C11H13BrClNO/c1-7(13)6-15-11-5-9(12)3-4-10(11)8(2)14/h3-5,8H,1,6,14H2,2H3/t8-/m1/s1. The minimum Gasteiger partial charge on any atom is -0.488 e. The molecule has 2 nitrogen and oxygen atoms in total. The largest absolute Gasteiger partial charge is 0.488 e. The average molecular weight is 291 g/mol. The van der Waals surface area contributed by atoms with Crippen LogP contribution in [0.3, 0.4) is 0 Å². The van der Waals surface area contributed by atoms with Crippen LogP contribution in [0.1, 0.15) is 18.5 Å². The van der Waals surface area contributed by atoms with Gasteiger partial charge in [-0.25, -0.2) is 0 Å². The van der Waals surface area contributed by atoms with Crippen molar-refractivity contribution in [1.29, 1.82) is 0 Å². The molecule has 0 aliphatic rings. The molecule has 0 spiro atoms. The second kappa shape index (κ2) is 5.54. The van der Waals surface area contributed by atoms with Gasteiger partial charge in [-0.15, -0.1) is 0 Å². The van der Waals surface area contributed by atoms with Crippen LogP contribution < -0.4 is 10.5 Å². The van der Waals surface area contributed by atoms with Gasteiger partial charge in [0.1, 0.15) is 12.4 Å². The van der Waals surface area contributed by atoms with Gasteiger partial charge in [-0.1, -0.05) is 40.2 Å². The van der Waals surface area contributed by atoms with Crippen molar-refractivity contribution in [2.24, 2.45) is 5.73 Å². The van der Waals surface area contributed by atoms with Crippen molar-refractivity contribution in [3.8, 4) is 5.75 Å². The zero-order valence-corrected chi connectivity index (χ0v) is 10.8. The molecular weight excluding hydrogens is 277 g/mol. The van der Waals surface area contributed by atoms with Crippen molar-refractivity contribution in [2.45, 2.75) is 13.0 Å². The molecule has 2 N–H and O–H groups in total. The quantitative estimate of drug-likeness (QED) is 0.919. The number of ether oxygens (including phenoxy) is 1. The number of nitrogens with two attached hydrogens (primary N) is 1. The SMILES string of the molecule is C=C(Cl)COc1cc(Br)ccc1[C@@H](C)N. The molecule has 0 aliphatic heterocycles. The van der Waals surface area contributed by atoms with Gasteiger partial charge in [0, 0.05) is 21.1 Å². The summed E-state index contributed by atoms with van der Waals surface area (Å²) < 4.78 is 6.45. The first kappa shape index (κ1) is 12.6. The first-order chi connectivity index (χ1) is 7.00. The van der Waals surface area contributed by atoms with E-state index >= 15 is 0 Å². The van der Waals surface area contributed by atoms with E-state index < -0.39 is 0 Å². The molecule has 0 unspecified atom stereocenters. The molecule has 15 heavy (non-hydrogen) atoms. The molecule has 0 saturated heterocycles. The monoisotopic (exact) mass is 289 g/mol. The molecule has 0 heterocycles. The van der Waals surface area contributed by atoms with Crippen molar-refractivity contribution in [2.75, 3.05) is 6.61 Å². The summed E-state index contributed by atoms with van der Waals surface area (Å²) in [5.74, 6) is 0.737. The Balaban J connectivity index is 2.91. The first-order valence-corrected chi connectivity index (χ1v) is 5.69. The highest BCUT2D eigenvalue weighted by Gasteiger charge is 2.08. The maximum atomic E-state index is 5.82. The summed E-state index contributed by atoms with van der Waals surface area (Å²) in [6.07, 6.45) is 0. The van der Waals surface area contributed by atoms with E-state index in [1.165, 1.54) is 0 Å². The van der Waals surface area contributed by atoms with E-state index in [0.29, 0.717) is 5.03 Å². The Hall–Kier alpha value is -0.510. The summed E-state index contributed by atoms with van der Waals surface area (Å²) >= 11 is 9.01. The second-order valence-corrected chi connectivity index (χ2v) is 4.73. The Labute approximate surface area is 103 Å². The van der Waals surface area contributed by atoms with Crippen molar-refractivity contribution >= 4 is 27.5 Å². The van der Waals surface area contributed by atoms with Crippen molar-refractivity contribution in [3.63, 3.8) is 0 Å². The van der Waals surface area contributed by atoms with E-state index in [1.54, 1.807) is 0 Å². The molecule has 1 aromatic rings. The highest BCUT2D eigenvalue weighted by atomic mass is 79.9. The topological polar surface area (TPSA) is 35.2 Å². The molecule has 0 saturated carbocycles. The highest BCUT2D eigenvalue weighted by molar-refractivity contribution is 9.10. The molecule has 0 bridgehead atoms. The minimum absolute atomic E-state index is 0.0725. The van der Waals surface area contributed by atoms with Gasteiger partial charge in [0.05, 0.1) is 0 Å². The van der Waals surface area contributed by atoms with Gasteiger partial charge in [-0.3, -0.25) is 0 Å². The van der Waals surface area contributed by atoms with Gasteiger partial charge in [0.15, 0.2) is 0 Å². The number of hydrogen-bond donors (Lipinski definition) is 1. The van der Waals surface area contributed by atoms with Crippen LogP contribution in [-0.4, -0.2) is 6.61 Å². The molecule has 1 rings (SSSR count).